The summed E-state index contributed by atoms with van der Waals surface area (Å²) >= 11 is 6.00. The van der Waals surface area contributed by atoms with Crippen molar-refractivity contribution >= 4 is 23.4 Å². The van der Waals surface area contributed by atoms with Crippen LogP contribution in [0.1, 0.15) is 27.2 Å². The van der Waals surface area contributed by atoms with Gasteiger partial charge in [-0.25, -0.2) is 4.79 Å². The van der Waals surface area contributed by atoms with Crippen molar-refractivity contribution in [3.63, 3.8) is 0 Å². The molecule has 1 aliphatic heterocycles. The van der Waals surface area contributed by atoms with Crippen LogP contribution in [0.5, 0.6) is 5.75 Å². The first-order chi connectivity index (χ1) is 12.7. The van der Waals surface area contributed by atoms with Crippen LogP contribution in [0.15, 0.2) is 18.2 Å². The Bertz CT molecular complexity index is 669. The lowest BCUT2D eigenvalue weighted by Gasteiger charge is -2.35. The molecule has 0 N–H and O–H groups in total. The minimum atomic E-state index is -0.493. The predicted molar refractivity (Wildman–Crippen MR) is 102 cm³/mol. The number of hydrogen-bond donors (Lipinski definition) is 0. The summed E-state index contributed by atoms with van der Waals surface area (Å²) in [6.07, 6.45) is 0.526. The van der Waals surface area contributed by atoms with Crippen LogP contribution < -0.4 is 4.74 Å². The molecule has 27 heavy (non-hydrogen) atoms. The Morgan fingerprint density at radius 1 is 1.26 bits per heavy atom. The SMILES string of the molecule is CC(C)(C)OC(=O)N1CCN(CCCOc2ccc([N+](=O)[O-])cc2Cl)CC1. The smallest absolute Gasteiger partial charge is 0.410 e. The van der Waals surface area contributed by atoms with Crippen molar-refractivity contribution in [1.29, 1.82) is 0 Å². The number of nitro groups is 1. The van der Waals surface area contributed by atoms with E-state index in [2.05, 4.69) is 4.90 Å². The second-order valence-corrected chi connectivity index (χ2v) is 7.79. The van der Waals surface area contributed by atoms with E-state index in [1.54, 1.807) is 4.90 Å². The van der Waals surface area contributed by atoms with Gasteiger partial charge in [0, 0.05) is 44.9 Å². The molecule has 150 valence electrons. The Kier molecular flexibility index (Phi) is 7.26. The predicted octanol–water partition coefficient (Wildman–Crippen LogP) is 3.57. The van der Waals surface area contributed by atoms with Crippen molar-refractivity contribution in [2.75, 3.05) is 39.3 Å². The van der Waals surface area contributed by atoms with Gasteiger partial charge in [-0.2, -0.15) is 0 Å². The molecule has 0 radical (unpaired) electrons. The Labute approximate surface area is 164 Å². The molecule has 0 spiro atoms. The van der Waals surface area contributed by atoms with Crippen LogP contribution in [0.2, 0.25) is 5.02 Å². The van der Waals surface area contributed by atoms with Gasteiger partial charge in [0.2, 0.25) is 0 Å². The summed E-state index contributed by atoms with van der Waals surface area (Å²) in [6.45, 7) is 9.74. The molecule has 0 bridgehead atoms. The summed E-state index contributed by atoms with van der Waals surface area (Å²) in [7, 11) is 0. The number of amides is 1. The van der Waals surface area contributed by atoms with E-state index in [-0.39, 0.29) is 16.8 Å². The number of ether oxygens (including phenoxy) is 2. The van der Waals surface area contributed by atoms with E-state index in [0.29, 0.717) is 25.4 Å². The third-order valence-electron chi connectivity index (χ3n) is 4.03. The van der Waals surface area contributed by atoms with Crippen molar-refractivity contribution < 1.29 is 19.2 Å². The third-order valence-corrected chi connectivity index (χ3v) is 4.32. The number of hydrogen-bond acceptors (Lipinski definition) is 6. The second-order valence-electron chi connectivity index (χ2n) is 7.38. The molecular weight excluding hydrogens is 374 g/mol. The van der Waals surface area contributed by atoms with Gasteiger partial charge in [0.1, 0.15) is 11.4 Å². The third kappa shape index (κ3) is 6.88. The van der Waals surface area contributed by atoms with Gasteiger partial charge in [0.25, 0.3) is 5.69 Å². The van der Waals surface area contributed by atoms with E-state index < -0.39 is 10.5 Å². The number of nitro benzene ring substituents is 1. The minimum absolute atomic E-state index is 0.0600. The molecular formula is C18H26ClN3O5. The maximum Gasteiger partial charge on any atom is 0.410 e. The van der Waals surface area contributed by atoms with Crippen LogP contribution in [-0.2, 0) is 4.74 Å². The monoisotopic (exact) mass is 399 g/mol. The van der Waals surface area contributed by atoms with Crippen molar-refractivity contribution in [1.82, 2.24) is 9.80 Å². The topological polar surface area (TPSA) is 85.2 Å². The van der Waals surface area contributed by atoms with Gasteiger partial charge in [-0.1, -0.05) is 11.6 Å². The molecule has 1 amide bonds. The number of benzene rings is 1. The molecule has 1 aliphatic rings. The van der Waals surface area contributed by atoms with Crippen LogP contribution >= 0.6 is 11.6 Å². The Morgan fingerprint density at radius 3 is 2.48 bits per heavy atom. The lowest BCUT2D eigenvalue weighted by molar-refractivity contribution is -0.384. The van der Waals surface area contributed by atoms with Gasteiger partial charge in [-0.15, -0.1) is 0 Å². The van der Waals surface area contributed by atoms with E-state index >= 15 is 0 Å². The quantitative estimate of drug-likeness (QED) is 0.413. The van der Waals surface area contributed by atoms with E-state index in [1.165, 1.54) is 18.2 Å². The maximum atomic E-state index is 12.0. The van der Waals surface area contributed by atoms with Crippen molar-refractivity contribution in [3.05, 3.63) is 33.3 Å². The summed E-state index contributed by atoms with van der Waals surface area (Å²) in [5.74, 6) is 0.442. The second kappa shape index (κ2) is 9.23. The van der Waals surface area contributed by atoms with Crippen LogP contribution in [-0.4, -0.2) is 65.7 Å². The van der Waals surface area contributed by atoms with Crippen molar-refractivity contribution in [2.24, 2.45) is 0 Å². The van der Waals surface area contributed by atoms with E-state index in [4.69, 9.17) is 21.1 Å². The largest absolute Gasteiger partial charge is 0.492 e. The highest BCUT2D eigenvalue weighted by molar-refractivity contribution is 6.32. The maximum absolute atomic E-state index is 12.0. The van der Waals surface area contributed by atoms with Gasteiger partial charge >= 0.3 is 6.09 Å². The molecule has 1 aromatic rings. The van der Waals surface area contributed by atoms with Gasteiger partial charge in [-0.3, -0.25) is 15.0 Å². The zero-order valence-electron chi connectivity index (χ0n) is 15.9. The van der Waals surface area contributed by atoms with E-state index in [1.807, 2.05) is 20.8 Å². The summed E-state index contributed by atoms with van der Waals surface area (Å²) in [5.41, 5.74) is -0.541. The van der Waals surface area contributed by atoms with Crippen LogP contribution in [0.3, 0.4) is 0 Å². The standard InChI is InChI=1S/C18H26ClN3O5/c1-18(2,3)27-17(23)21-10-8-20(9-11-21)7-4-12-26-16-6-5-14(22(24)25)13-15(16)19/h5-6,13H,4,7-12H2,1-3H3. The summed E-state index contributed by atoms with van der Waals surface area (Å²) in [4.78, 5) is 26.3. The van der Waals surface area contributed by atoms with Crippen LogP contribution in [0.4, 0.5) is 10.5 Å². The van der Waals surface area contributed by atoms with Crippen LogP contribution in [0.25, 0.3) is 0 Å². The van der Waals surface area contributed by atoms with Gasteiger partial charge in [0.05, 0.1) is 16.6 Å². The van der Waals surface area contributed by atoms with Gasteiger partial charge in [0.15, 0.2) is 0 Å². The number of carbonyl (C=O) groups is 1. The molecule has 9 heteroatoms. The number of non-ortho nitro benzene ring substituents is 1. The van der Waals surface area contributed by atoms with Crippen molar-refractivity contribution in [3.8, 4) is 5.75 Å². The average Bonchev–Trinajstić information content (AvgIpc) is 2.58. The molecule has 0 unspecified atom stereocenters. The highest BCUT2D eigenvalue weighted by atomic mass is 35.5. The molecule has 0 atom stereocenters. The minimum Gasteiger partial charge on any atom is -0.492 e. The van der Waals surface area contributed by atoms with Gasteiger partial charge in [-0.05, 0) is 33.3 Å². The number of halogens is 1. The highest BCUT2D eigenvalue weighted by Crippen LogP contribution is 2.28. The molecule has 8 nitrogen and oxygen atoms in total. The van der Waals surface area contributed by atoms with Crippen LogP contribution in [0, 0.1) is 10.1 Å². The zero-order chi connectivity index (χ0) is 20.0. The Morgan fingerprint density at radius 2 is 1.93 bits per heavy atom. The summed E-state index contributed by atoms with van der Waals surface area (Å²) < 4.78 is 11.0. The fraction of sp³-hybridized carbons (Fsp3) is 0.611. The first-order valence-electron chi connectivity index (χ1n) is 8.93. The number of carbonyl (C=O) groups excluding carboxylic acids is 1. The van der Waals surface area contributed by atoms with E-state index in [9.17, 15) is 14.9 Å². The molecule has 0 aliphatic carbocycles. The first kappa shape index (κ1) is 21.2. The highest BCUT2D eigenvalue weighted by Gasteiger charge is 2.25. The summed E-state index contributed by atoms with van der Waals surface area (Å²) in [6, 6.07) is 4.17. The molecule has 1 aromatic carbocycles. The molecule has 0 aromatic heterocycles. The molecule has 1 heterocycles. The normalized spacial score (nSPS) is 15.5. The zero-order valence-corrected chi connectivity index (χ0v) is 16.7. The molecule has 2 rings (SSSR count). The molecule has 1 fully saturated rings. The van der Waals surface area contributed by atoms with Crippen molar-refractivity contribution in [2.45, 2.75) is 32.8 Å². The summed E-state index contributed by atoms with van der Waals surface area (Å²) in [5, 5.41) is 10.9. The molecule has 0 saturated carbocycles. The number of piperazine rings is 1. The Balaban J connectivity index is 1.68. The average molecular weight is 400 g/mol. The lowest BCUT2D eigenvalue weighted by atomic mass is 10.2. The molecule has 1 saturated heterocycles. The van der Waals surface area contributed by atoms with E-state index in [0.717, 1.165) is 26.1 Å². The Hall–Kier alpha value is -2.06. The number of nitrogens with zero attached hydrogens (tertiary/aromatic N) is 3. The number of rotatable bonds is 6. The fourth-order valence-corrected chi connectivity index (χ4v) is 2.90. The van der Waals surface area contributed by atoms with Gasteiger partial charge < -0.3 is 14.4 Å². The lowest BCUT2D eigenvalue weighted by Crippen LogP contribution is -2.50. The fourth-order valence-electron chi connectivity index (χ4n) is 2.67. The first-order valence-corrected chi connectivity index (χ1v) is 9.30.